The molecule has 0 aromatic heterocycles. The molecule has 1 heterocycles. The predicted octanol–water partition coefficient (Wildman–Crippen LogP) is 3.67. The first-order valence-electron chi connectivity index (χ1n) is 6.99. The van der Waals surface area contributed by atoms with Crippen LogP contribution in [0.4, 0.5) is 11.4 Å². The van der Waals surface area contributed by atoms with Crippen molar-refractivity contribution >= 4 is 46.6 Å². The van der Waals surface area contributed by atoms with Crippen LogP contribution in [0.3, 0.4) is 0 Å². The summed E-state index contributed by atoms with van der Waals surface area (Å²) in [4.78, 5) is 36.8. The van der Waals surface area contributed by atoms with Crippen LogP contribution in [0, 0.1) is 10.1 Å². The average molecular weight is 363 g/mol. The van der Waals surface area contributed by atoms with Gasteiger partial charge in [0.05, 0.1) is 15.9 Å². The molecule has 0 radical (unpaired) electrons. The van der Waals surface area contributed by atoms with Crippen molar-refractivity contribution in [3.05, 3.63) is 63.7 Å². The fraction of sp³-hybridized carbons (Fsp3) is 0.125. The first kappa shape index (κ1) is 16.5. The number of halogens is 1. The normalized spacial score (nSPS) is 17.4. The molecule has 24 heavy (non-hydrogen) atoms. The van der Waals surface area contributed by atoms with Gasteiger partial charge in [0.15, 0.2) is 0 Å². The highest BCUT2D eigenvalue weighted by Crippen LogP contribution is 2.34. The van der Waals surface area contributed by atoms with Gasteiger partial charge in [-0.05, 0) is 36.4 Å². The number of amides is 2. The smallest absolute Gasteiger partial charge is 0.269 e. The molecular weight excluding hydrogens is 352 g/mol. The van der Waals surface area contributed by atoms with E-state index >= 15 is 0 Å². The predicted molar refractivity (Wildman–Crippen MR) is 91.3 cm³/mol. The molecule has 0 aliphatic carbocycles. The Labute approximate surface area is 146 Å². The molecular formula is C16H11ClN2O4S. The molecule has 1 unspecified atom stereocenters. The van der Waals surface area contributed by atoms with Crippen molar-refractivity contribution in [1.29, 1.82) is 0 Å². The number of carbonyl (C=O) groups is 2. The number of nitro benzene ring substituents is 1. The first-order chi connectivity index (χ1) is 11.5. The minimum absolute atomic E-state index is 0.0864. The van der Waals surface area contributed by atoms with E-state index in [1.807, 2.05) is 0 Å². The number of nitro groups is 1. The zero-order chi connectivity index (χ0) is 17.3. The lowest BCUT2D eigenvalue weighted by atomic mass is 10.2. The zero-order valence-electron chi connectivity index (χ0n) is 12.2. The molecule has 3 rings (SSSR count). The topological polar surface area (TPSA) is 80.5 Å². The highest BCUT2D eigenvalue weighted by molar-refractivity contribution is 8.00. The number of hydrogen-bond donors (Lipinski definition) is 0. The quantitative estimate of drug-likeness (QED) is 0.471. The number of thioether (sulfide) groups is 1. The van der Waals surface area contributed by atoms with E-state index in [0.29, 0.717) is 10.7 Å². The van der Waals surface area contributed by atoms with Gasteiger partial charge in [-0.1, -0.05) is 11.6 Å². The van der Waals surface area contributed by atoms with E-state index in [4.69, 9.17) is 11.6 Å². The second kappa shape index (κ2) is 6.62. The van der Waals surface area contributed by atoms with E-state index in [1.165, 1.54) is 36.0 Å². The molecule has 2 aromatic carbocycles. The van der Waals surface area contributed by atoms with E-state index in [-0.39, 0.29) is 23.9 Å². The van der Waals surface area contributed by atoms with Crippen molar-refractivity contribution in [3.8, 4) is 0 Å². The highest BCUT2D eigenvalue weighted by Gasteiger charge is 2.40. The summed E-state index contributed by atoms with van der Waals surface area (Å²) in [7, 11) is 0. The van der Waals surface area contributed by atoms with Crippen LogP contribution < -0.4 is 4.90 Å². The molecule has 0 N–H and O–H groups in total. The molecule has 122 valence electrons. The maximum Gasteiger partial charge on any atom is 0.269 e. The number of benzene rings is 2. The van der Waals surface area contributed by atoms with Crippen LogP contribution in [0.15, 0.2) is 53.4 Å². The Morgan fingerprint density at radius 1 is 1.08 bits per heavy atom. The van der Waals surface area contributed by atoms with E-state index < -0.39 is 10.2 Å². The fourth-order valence-corrected chi connectivity index (χ4v) is 3.55. The van der Waals surface area contributed by atoms with Crippen LogP contribution in [0.5, 0.6) is 0 Å². The summed E-state index contributed by atoms with van der Waals surface area (Å²) in [5.74, 6) is -0.644. The summed E-state index contributed by atoms with van der Waals surface area (Å²) in [5.41, 5.74) is 0.250. The van der Waals surface area contributed by atoms with Crippen molar-refractivity contribution in [2.75, 3.05) is 4.90 Å². The SMILES string of the molecule is O=C1CC(Sc2ccc(Cl)cc2)C(=O)N1c1ccc([N+](=O)[O-])cc1. The highest BCUT2D eigenvalue weighted by atomic mass is 35.5. The molecule has 1 atom stereocenters. The molecule has 1 aliphatic heterocycles. The average Bonchev–Trinajstić information content (AvgIpc) is 2.83. The molecule has 1 saturated heterocycles. The van der Waals surface area contributed by atoms with Crippen molar-refractivity contribution in [2.24, 2.45) is 0 Å². The van der Waals surface area contributed by atoms with E-state index in [0.717, 1.165) is 9.80 Å². The molecule has 1 fully saturated rings. The van der Waals surface area contributed by atoms with Gasteiger partial charge in [-0.25, -0.2) is 4.90 Å². The molecule has 0 saturated carbocycles. The maximum absolute atomic E-state index is 12.5. The largest absolute Gasteiger partial charge is 0.274 e. The lowest BCUT2D eigenvalue weighted by Crippen LogP contribution is -2.31. The number of nitrogens with zero attached hydrogens (tertiary/aromatic N) is 2. The maximum atomic E-state index is 12.5. The Bertz CT molecular complexity index is 808. The third-order valence-corrected chi connectivity index (χ3v) is 4.97. The van der Waals surface area contributed by atoms with Crippen molar-refractivity contribution < 1.29 is 14.5 Å². The van der Waals surface area contributed by atoms with Crippen molar-refractivity contribution in [3.63, 3.8) is 0 Å². The molecule has 2 amide bonds. The van der Waals surface area contributed by atoms with E-state index in [1.54, 1.807) is 24.3 Å². The number of anilines is 1. The Balaban J connectivity index is 1.78. The van der Waals surface area contributed by atoms with Gasteiger partial charge in [0.2, 0.25) is 11.8 Å². The number of imide groups is 1. The zero-order valence-corrected chi connectivity index (χ0v) is 13.8. The number of hydrogen-bond acceptors (Lipinski definition) is 5. The summed E-state index contributed by atoms with van der Waals surface area (Å²) >= 11 is 7.13. The summed E-state index contributed by atoms with van der Waals surface area (Å²) in [6, 6.07) is 12.4. The summed E-state index contributed by atoms with van der Waals surface area (Å²) in [6.07, 6.45) is 0.0864. The van der Waals surface area contributed by atoms with Gasteiger partial charge in [-0.15, -0.1) is 11.8 Å². The number of carbonyl (C=O) groups excluding carboxylic acids is 2. The third-order valence-electron chi connectivity index (χ3n) is 3.52. The van der Waals surface area contributed by atoms with Crippen LogP contribution in [-0.2, 0) is 9.59 Å². The second-order valence-electron chi connectivity index (χ2n) is 5.11. The van der Waals surface area contributed by atoms with Gasteiger partial charge in [0.25, 0.3) is 5.69 Å². The lowest BCUT2D eigenvalue weighted by molar-refractivity contribution is -0.384. The van der Waals surface area contributed by atoms with Crippen LogP contribution in [-0.4, -0.2) is 22.0 Å². The Hall–Kier alpha value is -2.38. The Kier molecular flexibility index (Phi) is 4.55. The minimum Gasteiger partial charge on any atom is -0.274 e. The minimum atomic E-state index is -0.531. The summed E-state index contributed by atoms with van der Waals surface area (Å²) in [6.45, 7) is 0. The van der Waals surface area contributed by atoms with Gasteiger partial charge < -0.3 is 0 Å². The van der Waals surface area contributed by atoms with Crippen LogP contribution in [0.25, 0.3) is 0 Å². The van der Waals surface area contributed by atoms with Gasteiger partial charge in [-0.2, -0.15) is 0 Å². The Morgan fingerprint density at radius 2 is 1.71 bits per heavy atom. The molecule has 6 nitrogen and oxygen atoms in total. The van der Waals surface area contributed by atoms with Gasteiger partial charge in [0, 0.05) is 28.5 Å². The monoisotopic (exact) mass is 362 g/mol. The van der Waals surface area contributed by atoms with E-state index in [2.05, 4.69) is 0 Å². The van der Waals surface area contributed by atoms with Gasteiger partial charge >= 0.3 is 0 Å². The lowest BCUT2D eigenvalue weighted by Gasteiger charge is -2.14. The molecule has 1 aliphatic rings. The standard InChI is InChI=1S/C16H11ClN2O4S/c17-10-1-7-13(8-2-10)24-14-9-15(20)18(16(14)21)11-3-5-12(6-4-11)19(22)23/h1-8,14H,9H2. The number of rotatable bonds is 4. The van der Waals surface area contributed by atoms with Crippen LogP contribution in [0.2, 0.25) is 5.02 Å². The molecule has 2 aromatic rings. The number of non-ortho nitro benzene ring substituents is 1. The molecule has 0 spiro atoms. The summed E-state index contributed by atoms with van der Waals surface area (Å²) in [5, 5.41) is 10.8. The van der Waals surface area contributed by atoms with E-state index in [9.17, 15) is 19.7 Å². The van der Waals surface area contributed by atoms with Gasteiger partial charge in [0.1, 0.15) is 0 Å². The Morgan fingerprint density at radius 3 is 2.29 bits per heavy atom. The second-order valence-corrected chi connectivity index (χ2v) is 6.82. The molecule has 0 bridgehead atoms. The van der Waals surface area contributed by atoms with Crippen LogP contribution >= 0.6 is 23.4 Å². The molecule has 8 heteroatoms. The fourth-order valence-electron chi connectivity index (χ4n) is 2.37. The first-order valence-corrected chi connectivity index (χ1v) is 8.25. The third kappa shape index (κ3) is 3.27. The van der Waals surface area contributed by atoms with Crippen LogP contribution in [0.1, 0.15) is 6.42 Å². The van der Waals surface area contributed by atoms with Crippen molar-refractivity contribution in [2.45, 2.75) is 16.6 Å². The van der Waals surface area contributed by atoms with Gasteiger partial charge in [-0.3, -0.25) is 19.7 Å². The summed E-state index contributed by atoms with van der Waals surface area (Å²) < 4.78 is 0. The van der Waals surface area contributed by atoms with Crippen molar-refractivity contribution in [1.82, 2.24) is 0 Å².